The van der Waals surface area contributed by atoms with Crippen molar-refractivity contribution in [1.29, 1.82) is 0 Å². The normalized spacial score (nSPS) is 11.2. The maximum atomic E-state index is 6.97. The molecule has 0 saturated carbocycles. The fraction of sp³-hybridized carbons (Fsp3) is 0.101. The predicted octanol–water partition coefficient (Wildman–Crippen LogP) is 21.3. The number of hydrogen-bond acceptors (Lipinski definition) is 8. The number of nitrogens with zero attached hydrogens (tertiary/aromatic N) is 4. The van der Waals surface area contributed by atoms with Crippen molar-refractivity contribution in [2.45, 2.75) is 27.7 Å². The van der Waals surface area contributed by atoms with Crippen molar-refractivity contribution in [2.75, 3.05) is 26.4 Å². The first kappa shape index (κ1) is 64.7. The predicted molar refractivity (Wildman–Crippen MR) is 399 cm³/mol. The van der Waals surface area contributed by atoms with E-state index in [9.17, 15) is 0 Å². The summed E-state index contributed by atoms with van der Waals surface area (Å²) in [5.41, 5.74) is 17.9. The largest absolute Gasteiger partial charge is 0.493 e. The van der Waals surface area contributed by atoms with Gasteiger partial charge in [-0.15, -0.1) is 0 Å². The minimum absolute atomic E-state index is 0.125. The van der Waals surface area contributed by atoms with Crippen LogP contribution >= 0.6 is 0 Å². The quantitative estimate of drug-likeness (QED) is 0.0564. The topological polar surface area (TPSA) is 86.4 Å². The summed E-state index contributed by atoms with van der Waals surface area (Å²) in [6.07, 6.45) is 0. The van der Waals surface area contributed by atoms with Crippen LogP contribution in [0.5, 0.6) is 23.0 Å². The third-order valence-corrected chi connectivity index (χ3v) is 16.2. The highest BCUT2D eigenvalue weighted by Gasteiger charge is 2.36. The van der Waals surface area contributed by atoms with E-state index in [0.717, 1.165) is 112 Å². The molecule has 0 aliphatic carbocycles. The van der Waals surface area contributed by atoms with Gasteiger partial charge in [0.25, 0.3) is 0 Å². The SMILES string of the molecule is Cc1cccc(N=C=C(c2ccccc2)c2ccc(OCC(COc3ccc(C(=C=Nc4cccc(C)c4)c4ccccc4)cc3)(COc3ccc(C(=C=Nc4cccc(C)c4)c4ccccc4)cc3)COc3ccc(C(=C=Nc4cccc(C)c4)c4ccccc4)cc3)cc2)c1. The highest BCUT2D eigenvalue weighted by atomic mass is 16.5. The van der Waals surface area contributed by atoms with Crippen molar-refractivity contribution in [3.63, 3.8) is 0 Å². The molecule has 0 aliphatic rings. The first-order valence-corrected chi connectivity index (χ1v) is 32.4. The fourth-order valence-electron chi connectivity index (χ4n) is 10.9. The maximum Gasteiger partial charge on any atom is 0.119 e. The second-order valence-electron chi connectivity index (χ2n) is 24.0. The molecule has 12 aromatic carbocycles. The molecule has 8 nitrogen and oxygen atoms in total. The Labute approximate surface area is 569 Å². The molecule has 0 unspecified atom stereocenters. The summed E-state index contributed by atoms with van der Waals surface area (Å²) in [7, 11) is 0. The first-order valence-electron chi connectivity index (χ1n) is 32.4. The smallest absolute Gasteiger partial charge is 0.119 e. The number of aliphatic imine (C=N–C) groups is 4. The molecule has 0 N–H and O–H groups in total. The Balaban J connectivity index is 0.904. The molecule has 0 aliphatic heterocycles. The molecular formula is C89H72N4O4. The molecule has 0 saturated heterocycles. The Bertz CT molecular complexity index is 4270. The Hall–Kier alpha value is -12.4. The van der Waals surface area contributed by atoms with Gasteiger partial charge < -0.3 is 18.9 Å². The fourth-order valence-corrected chi connectivity index (χ4v) is 10.9. The van der Waals surface area contributed by atoms with E-state index in [1.807, 2.05) is 243 Å². The lowest BCUT2D eigenvalue weighted by atomic mass is 9.91. The van der Waals surface area contributed by atoms with Crippen LogP contribution in [0.2, 0.25) is 0 Å². The molecule has 0 heterocycles. The number of ether oxygens (including phenoxy) is 4. The standard InChI is InChI=1S/C89H72N4O4/c1-65-21-17-33-77(53-65)90-57-85(69-25-9-5-10-26-69)73-37-45-81(46-38-73)94-61-89(62-95-82-47-39-74(40-48-82)86(70-27-11-6-12-28-70)58-91-78-34-18-22-66(2)54-78,63-96-83-49-41-75(42-50-83)87(71-29-13-7-14-30-71)59-92-79-35-19-23-67(3)55-79)64-97-84-51-43-76(44-52-84)88(72-31-15-8-16-32-72)60-93-80-36-20-24-68(4)56-80/h5-56H,61-64H2,1-4H3. The van der Waals surface area contributed by atoms with E-state index in [1.165, 1.54) is 0 Å². The molecule has 472 valence electrons. The summed E-state index contributed by atoms with van der Waals surface area (Å²) in [5.74, 6) is 16.1. The van der Waals surface area contributed by atoms with Crippen LogP contribution in [0.25, 0.3) is 22.3 Å². The van der Waals surface area contributed by atoms with Gasteiger partial charge in [-0.25, -0.2) is 20.0 Å². The zero-order chi connectivity index (χ0) is 66.4. The number of benzene rings is 12. The van der Waals surface area contributed by atoms with Gasteiger partial charge in [-0.2, -0.15) is 0 Å². The van der Waals surface area contributed by atoms with E-state index in [0.29, 0.717) is 23.0 Å². The Kier molecular flexibility index (Phi) is 21.3. The molecule has 0 spiro atoms. The van der Waals surface area contributed by atoms with Gasteiger partial charge in [-0.1, -0.05) is 170 Å². The molecule has 0 aromatic heterocycles. The van der Waals surface area contributed by atoms with E-state index in [4.69, 9.17) is 38.9 Å². The molecule has 0 amide bonds. The Morgan fingerprint density at radius 1 is 0.237 bits per heavy atom. The van der Waals surface area contributed by atoms with Crippen molar-refractivity contribution in [1.82, 2.24) is 0 Å². The van der Waals surface area contributed by atoms with Crippen molar-refractivity contribution in [3.05, 3.63) is 382 Å². The highest BCUT2D eigenvalue weighted by Crippen LogP contribution is 2.33. The summed E-state index contributed by atoms with van der Waals surface area (Å²) in [6.45, 7) is 8.74. The van der Waals surface area contributed by atoms with Crippen LogP contribution in [0, 0.1) is 33.1 Å². The van der Waals surface area contributed by atoms with Gasteiger partial charge in [-0.3, -0.25) is 0 Å². The van der Waals surface area contributed by atoms with Gasteiger partial charge in [-0.05, 0) is 264 Å². The van der Waals surface area contributed by atoms with E-state index in [2.05, 4.69) is 124 Å². The minimum atomic E-state index is -0.967. The van der Waals surface area contributed by atoms with E-state index < -0.39 is 5.41 Å². The van der Waals surface area contributed by atoms with Gasteiger partial charge in [0.2, 0.25) is 0 Å². The molecule has 12 aromatic rings. The molecule has 0 bridgehead atoms. The maximum absolute atomic E-state index is 6.97. The lowest BCUT2D eigenvalue weighted by Gasteiger charge is -2.33. The second kappa shape index (κ2) is 32.0. The number of aryl methyl sites for hydroxylation is 4. The van der Waals surface area contributed by atoms with Crippen molar-refractivity contribution in [2.24, 2.45) is 25.4 Å². The molecule has 8 heteroatoms. The molecule has 0 fully saturated rings. The number of hydrogen-bond donors (Lipinski definition) is 0. The number of rotatable bonds is 24. The van der Waals surface area contributed by atoms with Gasteiger partial charge in [0.15, 0.2) is 0 Å². The summed E-state index contributed by atoms with van der Waals surface area (Å²) >= 11 is 0. The van der Waals surface area contributed by atoms with Crippen LogP contribution in [0.3, 0.4) is 0 Å². The molecule has 12 rings (SSSR count). The summed E-state index contributed by atoms with van der Waals surface area (Å²) in [5, 5.41) is 0. The Morgan fingerprint density at radius 3 is 0.629 bits per heavy atom. The van der Waals surface area contributed by atoms with E-state index >= 15 is 0 Å². The second-order valence-corrected chi connectivity index (χ2v) is 24.0. The van der Waals surface area contributed by atoms with Crippen molar-refractivity contribution >= 4 is 68.5 Å². The van der Waals surface area contributed by atoms with Gasteiger partial charge in [0.05, 0.1) is 45.0 Å². The molecule has 0 radical (unpaired) electrons. The lowest BCUT2D eigenvalue weighted by molar-refractivity contribution is -0.00352. The third kappa shape index (κ3) is 18.1. The van der Waals surface area contributed by atoms with Crippen molar-refractivity contribution in [3.8, 4) is 23.0 Å². The first-order chi connectivity index (χ1) is 47.6. The van der Waals surface area contributed by atoms with E-state index in [1.54, 1.807) is 0 Å². The summed E-state index contributed by atoms with van der Waals surface area (Å²) < 4.78 is 27.9. The highest BCUT2D eigenvalue weighted by molar-refractivity contribution is 6.02. The van der Waals surface area contributed by atoms with Gasteiger partial charge in [0, 0.05) is 0 Å². The summed E-state index contributed by atoms with van der Waals surface area (Å²) in [4.78, 5) is 19.2. The average Bonchev–Trinajstić information content (AvgIpc) is 1.03. The van der Waals surface area contributed by atoms with E-state index in [-0.39, 0.29) is 26.4 Å². The van der Waals surface area contributed by atoms with Crippen LogP contribution in [0.15, 0.2) is 335 Å². The van der Waals surface area contributed by atoms with Crippen molar-refractivity contribution < 1.29 is 18.9 Å². The zero-order valence-corrected chi connectivity index (χ0v) is 54.8. The average molecular weight is 1260 g/mol. The molecule has 0 atom stereocenters. The molecule has 97 heavy (non-hydrogen) atoms. The minimum Gasteiger partial charge on any atom is -0.493 e. The van der Waals surface area contributed by atoms with Crippen LogP contribution in [-0.4, -0.2) is 49.9 Å². The van der Waals surface area contributed by atoms with Crippen LogP contribution in [-0.2, 0) is 0 Å². The van der Waals surface area contributed by atoms with Crippen LogP contribution < -0.4 is 18.9 Å². The van der Waals surface area contributed by atoms with Crippen LogP contribution in [0.1, 0.15) is 66.8 Å². The lowest BCUT2D eigenvalue weighted by Crippen LogP contribution is -2.45. The van der Waals surface area contributed by atoms with Crippen LogP contribution in [0.4, 0.5) is 22.7 Å². The van der Waals surface area contributed by atoms with Gasteiger partial charge >= 0.3 is 0 Å². The summed E-state index contributed by atoms with van der Waals surface area (Å²) in [6, 6.07) is 105. The molecular weight excluding hydrogens is 1190 g/mol. The van der Waals surface area contributed by atoms with Gasteiger partial charge in [0.1, 0.15) is 54.8 Å². The Morgan fingerprint density at radius 2 is 0.433 bits per heavy atom. The monoisotopic (exact) mass is 1260 g/mol. The third-order valence-electron chi connectivity index (χ3n) is 16.2. The zero-order valence-electron chi connectivity index (χ0n) is 54.8.